The second-order valence-corrected chi connectivity index (χ2v) is 16.5. The Labute approximate surface area is 270 Å². The van der Waals surface area contributed by atoms with E-state index in [9.17, 15) is 18.0 Å². The fraction of sp³-hybridized carbons (Fsp3) is 0.622. The maximum absolute atomic E-state index is 14.1. The molecule has 7 rings (SSSR count). The fourth-order valence-electron chi connectivity index (χ4n) is 9.50. The number of carbonyl (C=O) groups excluding carboxylic acids is 2. The van der Waals surface area contributed by atoms with Crippen LogP contribution in [0.2, 0.25) is 0 Å². The molecule has 0 saturated heterocycles. The zero-order valence-corrected chi connectivity index (χ0v) is 27.9. The number of sulfonamides is 1. The SMILES string of the molecule is CC[C@H](C(=O)NC1CCCCC1)N(CCc1ccccc1)C(=O)CN(c1ccc(C23CC4CC(CC(C4)C2)C3)cc1)S(C)(=O)=O. The summed E-state index contributed by atoms with van der Waals surface area (Å²) in [5.74, 6) is 1.98. The summed E-state index contributed by atoms with van der Waals surface area (Å²) in [4.78, 5) is 29.4. The Kier molecular flexibility index (Phi) is 9.60. The van der Waals surface area contributed by atoms with E-state index in [0.717, 1.165) is 55.3 Å². The van der Waals surface area contributed by atoms with Gasteiger partial charge in [-0.1, -0.05) is 68.7 Å². The summed E-state index contributed by atoms with van der Waals surface area (Å²) in [6.07, 6.45) is 15.4. The van der Waals surface area contributed by atoms with Crippen LogP contribution in [0, 0.1) is 17.8 Å². The first-order valence-electron chi connectivity index (χ1n) is 17.4. The van der Waals surface area contributed by atoms with Gasteiger partial charge in [-0.25, -0.2) is 8.42 Å². The summed E-state index contributed by atoms with van der Waals surface area (Å²) in [6, 6.07) is 17.4. The van der Waals surface area contributed by atoms with Gasteiger partial charge in [0, 0.05) is 12.6 Å². The fourth-order valence-corrected chi connectivity index (χ4v) is 10.3. The van der Waals surface area contributed by atoms with Crippen molar-refractivity contribution in [2.45, 2.75) is 108 Å². The normalized spacial score (nSPS) is 26.8. The van der Waals surface area contributed by atoms with Gasteiger partial charge < -0.3 is 10.2 Å². The molecule has 8 heteroatoms. The molecule has 1 atom stereocenters. The minimum Gasteiger partial charge on any atom is -0.352 e. The lowest BCUT2D eigenvalue weighted by Gasteiger charge is -2.57. The molecular weight excluding hydrogens is 582 g/mol. The van der Waals surface area contributed by atoms with Gasteiger partial charge in [0.25, 0.3) is 0 Å². The summed E-state index contributed by atoms with van der Waals surface area (Å²) >= 11 is 0. The van der Waals surface area contributed by atoms with Crippen molar-refractivity contribution in [2.75, 3.05) is 23.7 Å². The molecule has 4 bridgehead atoms. The average Bonchev–Trinajstić information content (AvgIpc) is 3.01. The monoisotopic (exact) mass is 633 g/mol. The van der Waals surface area contributed by atoms with Gasteiger partial charge in [-0.3, -0.25) is 13.9 Å². The number of carbonyl (C=O) groups is 2. The number of amides is 2. The minimum absolute atomic E-state index is 0.131. The molecule has 0 spiro atoms. The van der Waals surface area contributed by atoms with Crippen LogP contribution in [0.15, 0.2) is 54.6 Å². The lowest BCUT2D eigenvalue weighted by Crippen LogP contribution is -2.54. The third-order valence-corrected chi connectivity index (χ3v) is 12.4. The molecule has 0 unspecified atom stereocenters. The Bertz CT molecular complexity index is 1400. The van der Waals surface area contributed by atoms with Gasteiger partial charge in [0.1, 0.15) is 12.6 Å². The van der Waals surface area contributed by atoms with Gasteiger partial charge in [-0.2, -0.15) is 0 Å². The Morgan fingerprint density at radius 3 is 2.04 bits per heavy atom. The molecule has 2 aromatic rings. The molecule has 5 aliphatic rings. The van der Waals surface area contributed by atoms with Crippen molar-refractivity contribution in [3.63, 3.8) is 0 Å². The molecule has 5 aliphatic carbocycles. The molecule has 1 N–H and O–H groups in total. The first kappa shape index (κ1) is 32.1. The lowest BCUT2D eigenvalue weighted by molar-refractivity contribution is -0.140. The van der Waals surface area contributed by atoms with Crippen LogP contribution in [0.3, 0.4) is 0 Å². The zero-order chi connectivity index (χ0) is 31.6. The average molecular weight is 634 g/mol. The Hall–Kier alpha value is -2.87. The second-order valence-electron chi connectivity index (χ2n) is 14.6. The van der Waals surface area contributed by atoms with Crippen LogP contribution in [0.4, 0.5) is 5.69 Å². The molecule has 45 heavy (non-hydrogen) atoms. The Morgan fingerprint density at radius 2 is 1.49 bits per heavy atom. The van der Waals surface area contributed by atoms with Gasteiger partial charge >= 0.3 is 0 Å². The van der Waals surface area contributed by atoms with Crippen LogP contribution >= 0.6 is 0 Å². The number of hydrogen-bond donors (Lipinski definition) is 1. The number of hydrogen-bond acceptors (Lipinski definition) is 4. The predicted octanol–water partition coefficient (Wildman–Crippen LogP) is 6.22. The van der Waals surface area contributed by atoms with E-state index in [4.69, 9.17) is 0 Å². The first-order valence-corrected chi connectivity index (χ1v) is 19.2. The van der Waals surface area contributed by atoms with E-state index in [1.165, 1.54) is 54.8 Å². The number of anilines is 1. The van der Waals surface area contributed by atoms with E-state index in [2.05, 4.69) is 17.4 Å². The van der Waals surface area contributed by atoms with Crippen LogP contribution in [0.5, 0.6) is 0 Å². The van der Waals surface area contributed by atoms with Crippen LogP contribution in [-0.2, 0) is 31.4 Å². The molecule has 7 nitrogen and oxygen atoms in total. The number of nitrogens with zero attached hydrogens (tertiary/aromatic N) is 2. The van der Waals surface area contributed by atoms with Crippen LogP contribution in [0.25, 0.3) is 0 Å². The highest BCUT2D eigenvalue weighted by Crippen LogP contribution is 2.60. The zero-order valence-electron chi connectivity index (χ0n) is 27.1. The van der Waals surface area contributed by atoms with Crippen LogP contribution in [-0.4, -0.2) is 56.6 Å². The van der Waals surface area contributed by atoms with E-state index in [1.54, 1.807) is 4.90 Å². The smallest absolute Gasteiger partial charge is 0.244 e. The third kappa shape index (κ3) is 7.26. The van der Waals surface area contributed by atoms with Crippen molar-refractivity contribution in [3.05, 3.63) is 65.7 Å². The maximum Gasteiger partial charge on any atom is 0.244 e. The highest BCUT2D eigenvalue weighted by atomic mass is 32.2. The van der Waals surface area contributed by atoms with Gasteiger partial charge in [0.2, 0.25) is 21.8 Å². The van der Waals surface area contributed by atoms with Crippen molar-refractivity contribution < 1.29 is 18.0 Å². The van der Waals surface area contributed by atoms with Crippen LogP contribution < -0.4 is 9.62 Å². The number of nitrogens with one attached hydrogen (secondary N) is 1. The van der Waals surface area contributed by atoms with Crippen LogP contribution in [0.1, 0.15) is 95.1 Å². The number of benzene rings is 2. The highest BCUT2D eigenvalue weighted by Gasteiger charge is 2.51. The molecule has 0 aromatic heterocycles. The van der Waals surface area contributed by atoms with Crippen molar-refractivity contribution in [2.24, 2.45) is 17.8 Å². The molecule has 244 valence electrons. The quantitative estimate of drug-likeness (QED) is 0.301. The van der Waals surface area contributed by atoms with E-state index in [-0.39, 0.29) is 29.8 Å². The van der Waals surface area contributed by atoms with Gasteiger partial charge in [0.15, 0.2) is 0 Å². The molecule has 5 saturated carbocycles. The van der Waals surface area contributed by atoms with E-state index >= 15 is 0 Å². The maximum atomic E-state index is 14.1. The molecular formula is C37H51N3O4S. The van der Waals surface area contributed by atoms with Crippen molar-refractivity contribution in [1.82, 2.24) is 10.2 Å². The molecule has 0 radical (unpaired) electrons. The van der Waals surface area contributed by atoms with E-state index in [1.807, 2.05) is 49.4 Å². The molecule has 0 heterocycles. The predicted molar refractivity (Wildman–Crippen MR) is 179 cm³/mol. The molecule has 2 amide bonds. The number of rotatable bonds is 12. The highest BCUT2D eigenvalue weighted by molar-refractivity contribution is 7.92. The Morgan fingerprint density at radius 1 is 0.889 bits per heavy atom. The largest absolute Gasteiger partial charge is 0.352 e. The minimum atomic E-state index is -3.76. The third-order valence-electron chi connectivity index (χ3n) is 11.3. The van der Waals surface area contributed by atoms with Crippen molar-refractivity contribution in [1.29, 1.82) is 0 Å². The van der Waals surface area contributed by atoms with Gasteiger partial charge in [-0.15, -0.1) is 0 Å². The van der Waals surface area contributed by atoms with Gasteiger partial charge in [-0.05, 0) is 111 Å². The van der Waals surface area contributed by atoms with Crippen molar-refractivity contribution >= 4 is 27.5 Å². The lowest BCUT2D eigenvalue weighted by atomic mass is 9.48. The summed E-state index contributed by atoms with van der Waals surface area (Å²) in [5, 5.41) is 3.21. The van der Waals surface area contributed by atoms with Crippen molar-refractivity contribution in [3.8, 4) is 0 Å². The molecule has 2 aromatic carbocycles. The summed E-state index contributed by atoms with van der Waals surface area (Å²) in [6.45, 7) is 1.92. The van der Waals surface area contributed by atoms with E-state index < -0.39 is 16.1 Å². The standard InChI is InChI=1S/C37H51N3O4S/c1-3-34(36(42)38-32-12-8-5-9-13-32)39(19-18-27-10-6-4-7-11-27)35(41)26-40(45(2,43)44)33-16-14-31(15-17-33)37-23-28-20-29(24-37)22-30(21-28)25-37/h4,6-7,10-11,14-17,28-30,32,34H,3,5,8-9,12-13,18-26H2,1-2H3,(H,38,42)/t28?,29?,30?,34-,37?/m1/s1. The first-order chi connectivity index (χ1) is 21.6. The summed E-state index contributed by atoms with van der Waals surface area (Å²) in [7, 11) is -3.76. The molecule has 0 aliphatic heterocycles. The Balaban J connectivity index is 1.22. The topological polar surface area (TPSA) is 86.8 Å². The summed E-state index contributed by atoms with van der Waals surface area (Å²) < 4.78 is 27.6. The van der Waals surface area contributed by atoms with E-state index in [0.29, 0.717) is 25.1 Å². The van der Waals surface area contributed by atoms with Gasteiger partial charge in [0.05, 0.1) is 11.9 Å². The summed E-state index contributed by atoms with van der Waals surface area (Å²) in [5.41, 5.74) is 3.10. The second kappa shape index (κ2) is 13.5. The molecule has 5 fully saturated rings.